The first-order valence-corrected chi connectivity index (χ1v) is 10.4. The molecule has 1 amide bonds. The summed E-state index contributed by atoms with van der Waals surface area (Å²) < 4.78 is 10.7. The normalized spacial score (nSPS) is 19.4. The van der Waals surface area contributed by atoms with Crippen molar-refractivity contribution in [1.82, 2.24) is 20.3 Å². The Kier molecular flexibility index (Phi) is 7.30. The van der Waals surface area contributed by atoms with Gasteiger partial charge in [-0.1, -0.05) is 19.0 Å². The number of hydrogen-bond donors (Lipinski definition) is 1. The molecule has 2 saturated heterocycles. The van der Waals surface area contributed by atoms with Crippen molar-refractivity contribution in [1.29, 1.82) is 0 Å². The molecule has 0 unspecified atom stereocenters. The highest BCUT2D eigenvalue weighted by atomic mass is 16.5. The van der Waals surface area contributed by atoms with Crippen molar-refractivity contribution >= 4 is 11.9 Å². The molecule has 1 aromatic heterocycles. The number of piperidine rings is 1. The van der Waals surface area contributed by atoms with Crippen LogP contribution in [0.25, 0.3) is 0 Å². The number of nitrogens with one attached hydrogen (secondary N) is 1. The highest BCUT2D eigenvalue weighted by Crippen LogP contribution is 2.21. The zero-order valence-corrected chi connectivity index (χ0v) is 17.3. The van der Waals surface area contributed by atoms with Crippen LogP contribution in [0, 0.1) is 5.92 Å². The fraction of sp³-hybridized carbons (Fsp3) is 0.750. The van der Waals surface area contributed by atoms with Gasteiger partial charge in [0.05, 0.1) is 18.9 Å². The molecule has 156 valence electrons. The molecule has 8 nitrogen and oxygen atoms in total. The minimum absolute atomic E-state index is 0.111. The Bertz CT molecular complexity index is 659. The molecule has 0 bridgehead atoms. The topological polar surface area (TPSA) is 83.2 Å². The molecule has 2 aliphatic heterocycles. The number of nitrogens with zero attached hydrogens (tertiary/aromatic N) is 4. The predicted molar refractivity (Wildman–Crippen MR) is 107 cm³/mol. The lowest BCUT2D eigenvalue weighted by molar-refractivity contribution is -0.140. The predicted octanol–water partition coefficient (Wildman–Crippen LogP) is 1.83. The molecule has 0 saturated carbocycles. The van der Waals surface area contributed by atoms with Crippen LogP contribution < -0.4 is 5.32 Å². The van der Waals surface area contributed by atoms with Crippen molar-refractivity contribution in [2.75, 3.05) is 45.9 Å². The molecule has 1 N–H and O–H groups in total. The molecular formula is C20H33N5O3. The zero-order chi connectivity index (χ0) is 19.9. The van der Waals surface area contributed by atoms with E-state index in [1.807, 2.05) is 11.0 Å². The van der Waals surface area contributed by atoms with E-state index in [1.54, 1.807) is 0 Å². The van der Waals surface area contributed by atoms with Crippen molar-refractivity contribution in [3.8, 4) is 0 Å². The second kappa shape index (κ2) is 9.91. The van der Waals surface area contributed by atoms with Crippen LogP contribution in [0.4, 0.5) is 0 Å². The van der Waals surface area contributed by atoms with Gasteiger partial charge in [0.2, 0.25) is 5.91 Å². The first kappa shape index (κ1) is 20.6. The Morgan fingerprint density at radius 1 is 1.25 bits per heavy atom. The smallest absolute Gasteiger partial charge is 0.225 e. The van der Waals surface area contributed by atoms with Crippen molar-refractivity contribution in [3.63, 3.8) is 0 Å². The van der Waals surface area contributed by atoms with Crippen LogP contribution >= 0.6 is 0 Å². The summed E-state index contributed by atoms with van der Waals surface area (Å²) in [6.07, 6.45) is 1.72. The van der Waals surface area contributed by atoms with Crippen molar-refractivity contribution < 1.29 is 14.1 Å². The van der Waals surface area contributed by atoms with Crippen LogP contribution in [0.5, 0.6) is 0 Å². The summed E-state index contributed by atoms with van der Waals surface area (Å²) in [4.78, 5) is 21.6. The van der Waals surface area contributed by atoms with Gasteiger partial charge in [-0.3, -0.25) is 4.79 Å². The van der Waals surface area contributed by atoms with Crippen molar-refractivity contribution in [3.05, 3.63) is 17.5 Å². The highest BCUT2D eigenvalue weighted by molar-refractivity contribution is 5.81. The van der Waals surface area contributed by atoms with E-state index in [9.17, 15) is 4.79 Å². The molecule has 0 spiro atoms. The summed E-state index contributed by atoms with van der Waals surface area (Å²) >= 11 is 0. The molecule has 3 rings (SSSR count). The fourth-order valence-electron chi connectivity index (χ4n) is 3.63. The Morgan fingerprint density at radius 2 is 1.96 bits per heavy atom. The van der Waals surface area contributed by atoms with E-state index >= 15 is 0 Å². The number of guanidine groups is 1. The van der Waals surface area contributed by atoms with Crippen molar-refractivity contribution in [2.24, 2.45) is 10.9 Å². The van der Waals surface area contributed by atoms with E-state index in [0.29, 0.717) is 25.7 Å². The third kappa shape index (κ3) is 5.25. The molecule has 8 heteroatoms. The molecule has 0 radical (unpaired) electrons. The summed E-state index contributed by atoms with van der Waals surface area (Å²) in [6, 6.07) is 1.98. The molecule has 28 heavy (non-hydrogen) atoms. The van der Waals surface area contributed by atoms with Gasteiger partial charge < -0.3 is 24.4 Å². The van der Waals surface area contributed by atoms with E-state index in [2.05, 4.69) is 36.1 Å². The standard InChI is InChI=1S/C20H33N5O3/c1-4-21-20(22-14-17-13-18(15(2)3)23-28-17)25-7-5-16(6-8-25)19(26)24-9-11-27-12-10-24/h13,15-16H,4-12,14H2,1-3H3,(H,21,22). The van der Waals surface area contributed by atoms with Gasteiger partial charge in [-0.05, 0) is 25.7 Å². The van der Waals surface area contributed by atoms with Gasteiger partial charge in [0.25, 0.3) is 0 Å². The minimum Gasteiger partial charge on any atom is -0.378 e. The maximum Gasteiger partial charge on any atom is 0.225 e. The molecule has 2 aliphatic rings. The van der Waals surface area contributed by atoms with Crippen LogP contribution in [0.2, 0.25) is 0 Å². The zero-order valence-electron chi connectivity index (χ0n) is 17.3. The minimum atomic E-state index is 0.111. The van der Waals surface area contributed by atoms with Gasteiger partial charge in [-0.2, -0.15) is 0 Å². The Balaban J connectivity index is 1.55. The van der Waals surface area contributed by atoms with Gasteiger partial charge >= 0.3 is 0 Å². The van der Waals surface area contributed by atoms with Gasteiger partial charge in [-0.25, -0.2) is 4.99 Å². The molecule has 0 atom stereocenters. The summed E-state index contributed by atoms with van der Waals surface area (Å²) in [5.74, 6) is 2.39. The third-order valence-electron chi connectivity index (χ3n) is 5.35. The maximum absolute atomic E-state index is 12.7. The Morgan fingerprint density at radius 3 is 2.57 bits per heavy atom. The molecule has 1 aromatic rings. The quantitative estimate of drug-likeness (QED) is 0.609. The first-order valence-electron chi connectivity index (χ1n) is 10.4. The molecule has 2 fully saturated rings. The number of likely N-dealkylation sites (tertiary alicyclic amines) is 1. The van der Waals surface area contributed by atoms with E-state index in [-0.39, 0.29) is 11.8 Å². The number of aliphatic imine (C=N–C) groups is 1. The lowest BCUT2D eigenvalue weighted by Gasteiger charge is -2.36. The molecule has 0 aliphatic carbocycles. The van der Waals surface area contributed by atoms with Crippen molar-refractivity contribution in [2.45, 2.75) is 46.1 Å². The molecular weight excluding hydrogens is 358 g/mol. The van der Waals surface area contributed by atoms with E-state index in [4.69, 9.17) is 14.3 Å². The number of amides is 1. The van der Waals surface area contributed by atoms with Crippen LogP contribution in [0.3, 0.4) is 0 Å². The van der Waals surface area contributed by atoms with Gasteiger partial charge in [0, 0.05) is 44.7 Å². The van der Waals surface area contributed by atoms with Gasteiger partial charge in [0.1, 0.15) is 6.54 Å². The highest BCUT2D eigenvalue weighted by Gasteiger charge is 2.30. The number of carbonyl (C=O) groups is 1. The number of ether oxygens (including phenoxy) is 1. The second-order valence-electron chi connectivity index (χ2n) is 7.74. The van der Waals surface area contributed by atoms with Gasteiger partial charge in [-0.15, -0.1) is 0 Å². The Hall–Kier alpha value is -2.09. The number of aromatic nitrogens is 1. The molecule has 3 heterocycles. The SMILES string of the molecule is CCNC(=NCc1cc(C(C)C)no1)N1CCC(C(=O)N2CCOCC2)CC1. The number of rotatable bonds is 5. The van der Waals surface area contributed by atoms with E-state index in [0.717, 1.165) is 63.0 Å². The van der Waals surface area contributed by atoms with Crippen LogP contribution in [0.15, 0.2) is 15.6 Å². The fourth-order valence-corrected chi connectivity index (χ4v) is 3.63. The average molecular weight is 392 g/mol. The summed E-state index contributed by atoms with van der Waals surface area (Å²) in [6.45, 7) is 11.9. The monoisotopic (exact) mass is 391 g/mol. The largest absolute Gasteiger partial charge is 0.378 e. The summed E-state index contributed by atoms with van der Waals surface area (Å²) in [7, 11) is 0. The third-order valence-corrected chi connectivity index (χ3v) is 5.35. The number of carbonyl (C=O) groups excluding carboxylic acids is 1. The van der Waals surface area contributed by atoms with E-state index < -0.39 is 0 Å². The summed E-state index contributed by atoms with van der Waals surface area (Å²) in [5.41, 5.74) is 0.956. The lowest BCUT2D eigenvalue weighted by Crippen LogP contribution is -2.50. The van der Waals surface area contributed by atoms with Gasteiger partial charge in [0.15, 0.2) is 11.7 Å². The average Bonchev–Trinajstić information content (AvgIpc) is 3.21. The summed E-state index contributed by atoms with van der Waals surface area (Å²) in [5, 5.41) is 7.46. The second-order valence-corrected chi connectivity index (χ2v) is 7.74. The van der Waals surface area contributed by atoms with E-state index in [1.165, 1.54) is 0 Å². The molecule has 0 aromatic carbocycles. The lowest BCUT2D eigenvalue weighted by atomic mass is 9.95. The number of hydrogen-bond acceptors (Lipinski definition) is 5. The first-order chi connectivity index (χ1) is 13.6. The maximum atomic E-state index is 12.7. The number of morpholine rings is 1. The van der Waals surface area contributed by atoms with Crippen LogP contribution in [0.1, 0.15) is 51.0 Å². The van der Waals surface area contributed by atoms with Crippen LogP contribution in [-0.4, -0.2) is 72.8 Å². The van der Waals surface area contributed by atoms with Crippen LogP contribution in [-0.2, 0) is 16.1 Å². The Labute approximate surface area is 167 Å².